The van der Waals surface area contributed by atoms with E-state index >= 15 is 0 Å². The number of cyclic esters (lactones) is 1. The summed E-state index contributed by atoms with van der Waals surface area (Å²) in [4.78, 5) is 25.7. The van der Waals surface area contributed by atoms with Crippen LogP contribution in [0.1, 0.15) is 35.6 Å². The van der Waals surface area contributed by atoms with Gasteiger partial charge in [0.15, 0.2) is 0 Å². The normalized spacial score (nSPS) is 18.6. The summed E-state index contributed by atoms with van der Waals surface area (Å²) < 4.78 is 15.5. The third-order valence-corrected chi connectivity index (χ3v) is 6.75. The first-order chi connectivity index (χ1) is 15.5. The lowest BCUT2D eigenvalue weighted by atomic mass is 9.85. The first kappa shape index (κ1) is 22.3. The maximum absolute atomic E-state index is 12.7. The number of ether oxygens (including phenoxy) is 3. The number of carbonyl (C=O) groups excluding carboxylic acids is 2. The van der Waals surface area contributed by atoms with Crippen molar-refractivity contribution in [2.45, 2.75) is 29.4 Å². The van der Waals surface area contributed by atoms with E-state index in [4.69, 9.17) is 25.8 Å². The number of rotatable bonds is 6. The summed E-state index contributed by atoms with van der Waals surface area (Å²) in [5, 5.41) is 3.14. The van der Waals surface area contributed by atoms with Gasteiger partial charge in [-0.25, -0.2) is 9.59 Å². The quantitative estimate of drug-likeness (QED) is 0.333. The maximum atomic E-state index is 12.7. The van der Waals surface area contributed by atoms with Crippen LogP contribution in [0.3, 0.4) is 0 Å². The molecule has 4 rings (SSSR count). The second-order valence-electron chi connectivity index (χ2n) is 7.18. The average molecular weight is 472 g/mol. The van der Waals surface area contributed by atoms with Gasteiger partial charge in [-0.05, 0) is 31.0 Å². The Kier molecular flexibility index (Phi) is 6.77. The topological polar surface area (TPSA) is 73.9 Å². The number of hydrogen-bond donors (Lipinski definition) is 1. The molecule has 2 aliphatic heterocycles. The summed E-state index contributed by atoms with van der Waals surface area (Å²) in [5.41, 5.74) is 3.47. The zero-order chi connectivity index (χ0) is 22.7. The van der Waals surface area contributed by atoms with E-state index in [-0.39, 0.29) is 17.9 Å². The van der Waals surface area contributed by atoms with Gasteiger partial charge in [0, 0.05) is 4.90 Å². The number of thioether (sulfide) groups is 1. The van der Waals surface area contributed by atoms with Crippen molar-refractivity contribution in [3.63, 3.8) is 0 Å². The predicted octanol–water partition coefficient (Wildman–Crippen LogP) is 5.62. The van der Waals surface area contributed by atoms with Crippen molar-refractivity contribution in [3.05, 3.63) is 88.5 Å². The summed E-state index contributed by atoms with van der Waals surface area (Å²) >= 11 is 8.17. The number of allylic oxidation sites excluding steroid dienone is 2. The molecule has 2 heterocycles. The summed E-state index contributed by atoms with van der Waals surface area (Å²) in [7, 11) is 0. The molecule has 2 atom stereocenters. The van der Waals surface area contributed by atoms with Gasteiger partial charge in [-0.2, -0.15) is 0 Å². The molecule has 2 aliphatic rings. The third-order valence-electron chi connectivity index (χ3n) is 5.13. The van der Waals surface area contributed by atoms with Gasteiger partial charge in [0.25, 0.3) is 0 Å². The Morgan fingerprint density at radius 2 is 1.94 bits per heavy atom. The van der Waals surface area contributed by atoms with Crippen molar-refractivity contribution in [1.82, 2.24) is 5.32 Å². The number of halogens is 1. The molecule has 1 N–H and O–H groups in total. The van der Waals surface area contributed by atoms with Gasteiger partial charge in [0.05, 0.1) is 29.5 Å². The third kappa shape index (κ3) is 4.49. The van der Waals surface area contributed by atoms with Crippen LogP contribution in [0.5, 0.6) is 0 Å². The molecule has 2 unspecified atom stereocenters. The fraction of sp³-hybridized carbons (Fsp3) is 0.250. The molecule has 0 saturated carbocycles. The zero-order valence-corrected chi connectivity index (χ0v) is 19.2. The van der Waals surface area contributed by atoms with Crippen molar-refractivity contribution in [2.24, 2.45) is 0 Å². The minimum Gasteiger partial charge on any atom is -0.456 e. The van der Waals surface area contributed by atoms with Crippen LogP contribution in [-0.4, -0.2) is 25.3 Å². The van der Waals surface area contributed by atoms with Crippen molar-refractivity contribution in [2.75, 3.05) is 13.2 Å². The number of esters is 1. The Hall–Kier alpha value is -2.90. The lowest BCUT2D eigenvalue weighted by molar-refractivity contribution is -0.136. The highest BCUT2D eigenvalue weighted by molar-refractivity contribution is 8.00. The van der Waals surface area contributed by atoms with E-state index in [0.717, 1.165) is 16.0 Å². The standard InChI is InChI=1S/C24H22ClNO5S/c1-3-29-24(28)31-21-14(2)26-17-13-30-23(27)20(17)19(21)16-11-7-8-12-18(16)32-22(25)15-9-5-4-6-10-15/h4-12,19,22,26H,3,13H2,1-2H3. The van der Waals surface area contributed by atoms with E-state index in [0.29, 0.717) is 22.7 Å². The van der Waals surface area contributed by atoms with Gasteiger partial charge in [0.1, 0.15) is 17.1 Å². The van der Waals surface area contributed by atoms with Gasteiger partial charge >= 0.3 is 12.1 Å². The highest BCUT2D eigenvalue weighted by Crippen LogP contribution is 2.47. The van der Waals surface area contributed by atoms with Gasteiger partial charge in [-0.1, -0.05) is 48.5 Å². The van der Waals surface area contributed by atoms with E-state index in [1.807, 2.05) is 54.6 Å². The molecule has 32 heavy (non-hydrogen) atoms. The van der Waals surface area contributed by atoms with Crippen molar-refractivity contribution >= 4 is 35.5 Å². The minimum absolute atomic E-state index is 0.145. The molecule has 0 aliphatic carbocycles. The molecule has 0 spiro atoms. The van der Waals surface area contributed by atoms with Gasteiger partial charge in [-0.15, -0.1) is 23.4 Å². The largest absolute Gasteiger partial charge is 0.513 e. The zero-order valence-electron chi connectivity index (χ0n) is 17.6. The molecule has 6 nitrogen and oxygen atoms in total. The van der Waals surface area contributed by atoms with Crippen molar-refractivity contribution in [1.29, 1.82) is 0 Å². The predicted molar refractivity (Wildman–Crippen MR) is 122 cm³/mol. The number of dihydropyridines is 1. The fourth-order valence-electron chi connectivity index (χ4n) is 3.73. The van der Waals surface area contributed by atoms with E-state index in [9.17, 15) is 9.59 Å². The first-order valence-corrected chi connectivity index (χ1v) is 11.5. The van der Waals surface area contributed by atoms with Crippen LogP contribution < -0.4 is 5.32 Å². The molecule has 166 valence electrons. The molecule has 0 aromatic heterocycles. The van der Waals surface area contributed by atoms with Crippen LogP contribution >= 0.6 is 23.4 Å². The van der Waals surface area contributed by atoms with Crippen molar-refractivity contribution < 1.29 is 23.8 Å². The highest BCUT2D eigenvalue weighted by atomic mass is 35.5. The van der Waals surface area contributed by atoms with Crippen LogP contribution in [-0.2, 0) is 19.0 Å². The second kappa shape index (κ2) is 9.71. The van der Waals surface area contributed by atoms with Crippen LogP contribution in [0.25, 0.3) is 0 Å². The number of alkyl halides is 1. The molecule has 0 radical (unpaired) electrons. The van der Waals surface area contributed by atoms with Gasteiger partial charge < -0.3 is 19.5 Å². The molecule has 0 bridgehead atoms. The Bertz CT molecular complexity index is 1100. The lowest BCUT2D eigenvalue weighted by Crippen LogP contribution is -2.28. The molecular formula is C24H22ClNO5S. The fourth-order valence-corrected chi connectivity index (χ4v) is 5.16. The number of benzene rings is 2. The van der Waals surface area contributed by atoms with Crippen LogP contribution in [0.4, 0.5) is 4.79 Å². The average Bonchev–Trinajstić information content (AvgIpc) is 3.15. The summed E-state index contributed by atoms with van der Waals surface area (Å²) in [6, 6.07) is 17.4. The highest BCUT2D eigenvalue weighted by Gasteiger charge is 2.42. The van der Waals surface area contributed by atoms with Crippen LogP contribution in [0, 0.1) is 0 Å². The van der Waals surface area contributed by atoms with Crippen LogP contribution in [0.15, 0.2) is 82.2 Å². The Morgan fingerprint density at radius 1 is 1.22 bits per heavy atom. The molecule has 2 aromatic rings. The summed E-state index contributed by atoms with van der Waals surface area (Å²) in [6.45, 7) is 3.81. The SMILES string of the molecule is CCOC(=O)OC1=C(C)NC2=C(C(=O)OC2)C1c1ccccc1SC(Cl)c1ccccc1. The minimum atomic E-state index is -0.825. The van der Waals surface area contributed by atoms with Crippen LogP contribution in [0.2, 0.25) is 0 Å². The molecule has 2 aromatic carbocycles. The number of hydrogen-bond acceptors (Lipinski definition) is 7. The maximum Gasteiger partial charge on any atom is 0.513 e. The molecule has 0 fully saturated rings. The smallest absolute Gasteiger partial charge is 0.456 e. The second-order valence-corrected chi connectivity index (χ2v) is 9.03. The van der Waals surface area contributed by atoms with E-state index in [1.165, 1.54) is 11.8 Å². The molecule has 0 saturated heterocycles. The monoisotopic (exact) mass is 471 g/mol. The van der Waals surface area contributed by atoms with E-state index in [1.54, 1.807) is 13.8 Å². The van der Waals surface area contributed by atoms with E-state index in [2.05, 4.69) is 5.32 Å². The van der Waals surface area contributed by atoms with Crippen molar-refractivity contribution in [3.8, 4) is 0 Å². The Labute approximate surface area is 195 Å². The Balaban J connectivity index is 1.75. The summed E-state index contributed by atoms with van der Waals surface area (Å²) in [5.74, 6) is -0.769. The first-order valence-electron chi connectivity index (χ1n) is 10.2. The van der Waals surface area contributed by atoms with E-state index < -0.39 is 18.0 Å². The Morgan fingerprint density at radius 3 is 2.69 bits per heavy atom. The number of nitrogens with one attached hydrogen (secondary N) is 1. The lowest BCUT2D eigenvalue weighted by Gasteiger charge is -2.29. The molecular weight excluding hydrogens is 450 g/mol. The van der Waals surface area contributed by atoms with Gasteiger partial charge in [0.2, 0.25) is 0 Å². The summed E-state index contributed by atoms with van der Waals surface area (Å²) in [6.07, 6.45) is -0.825. The van der Waals surface area contributed by atoms with Gasteiger partial charge in [-0.3, -0.25) is 0 Å². The molecule has 0 amide bonds. The molecule has 8 heteroatoms. The number of carbonyl (C=O) groups is 2.